The molecular weight excluding hydrogens is 311 g/mol. The van der Waals surface area contributed by atoms with Gasteiger partial charge in [-0.25, -0.2) is 4.98 Å². The Morgan fingerprint density at radius 2 is 1.87 bits per heavy atom. The summed E-state index contributed by atoms with van der Waals surface area (Å²) in [5.41, 5.74) is -0.0797. The summed E-state index contributed by atoms with van der Waals surface area (Å²) < 4.78 is 39.8. The lowest BCUT2D eigenvalue weighted by molar-refractivity contribution is -0.137. The zero-order chi connectivity index (χ0) is 16.8. The van der Waals surface area contributed by atoms with Crippen LogP contribution in [0, 0.1) is 6.92 Å². The largest absolute Gasteiger partial charge is 0.417 e. The minimum Gasteiger partial charge on any atom is -0.336 e. The Bertz CT molecular complexity index is 785. The molecular formula is C15H14F3N3O2. The van der Waals surface area contributed by atoms with Crippen molar-refractivity contribution < 1.29 is 22.8 Å². The second-order valence-electron chi connectivity index (χ2n) is 5.52. The van der Waals surface area contributed by atoms with E-state index >= 15 is 0 Å². The smallest absolute Gasteiger partial charge is 0.336 e. The predicted octanol–water partition coefficient (Wildman–Crippen LogP) is 2.47. The molecule has 0 spiro atoms. The van der Waals surface area contributed by atoms with Gasteiger partial charge in [-0.1, -0.05) is 0 Å². The van der Waals surface area contributed by atoms with Crippen molar-refractivity contribution in [1.29, 1.82) is 0 Å². The number of rotatable bonds is 1. The number of aryl methyl sites for hydroxylation is 1. The minimum atomic E-state index is -4.50. The molecule has 1 aliphatic rings. The third kappa shape index (κ3) is 2.80. The SMILES string of the molecule is Cc1nc2ccc(C(F)(F)F)cn2c1C(=O)N1CCC(=O)CC1. The number of Topliss-reactive ketones (excluding diaryl/α,β-unsaturated/α-hetero) is 1. The van der Waals surface area contributed by atoms with Crippen LogP contribution < -0.4 is 0 Å². The molecule has 2 aromatic heterocycles. The van der Waals surface area contributed by atoms with Crippen molar-refractivity contribution >= 4 is 17.3 Å². The number of carbonyl (C=O) groups is 2. The highest BCUT2D eigenvalue weighted by Crippen LogP contribution is 2.30. The molecule has 1 aliphatic heterocycles. The summed E-state index contributed by atoms with van der Waals surface area (Å²) in [6.45, 7) is 2.15. The summed E-state index contributed by atoms with van der Waals surface area (Å²) >= 11 is 0. The molecule has 0 N–H and O–H groups in total. The second-order valence-corrected chi connectivity index (χ2v) is 5.52. The topological polar surface area (TPSA) is 54.7 Å². The quantitative estimate of drug-likeness (QED) is 0.809. The number of hydrogen-bond acceptors (Lipinski definition) is 3. The fraction of sp³-hybridized carbons (Fsp3) is 0.400. The summed E-state index contributed by atoms with van der Waals surface area (Å²) in [4.78, 5) is 29.5. The molecule has 5 nitrogen and oxygen atoms in total. The van der Waals surface area contributed by atoms with Crippen LogP contribution >= 0.6 is 0 Å². The number of amides is 1. The van der Waals surface area contributed by atoms with Crippen molar-refractivity contribution in [2.75, 3.05) is 13.1 Å². The van der Waals surface area contributed by atoms with Gasteiger partial charge in [0.2, 0.25) is 0 Å². The van der Waals surface area contributed by atoms with Crippen molar-refractivity contribution in [2.45, 2.75) is 25.9 Å². The lowest BCUT2D eigenvalue weighted by Gasteiger charge is -2.26. The van der Waals surface area contributed by atoms with Crippen LogP contribution in [-0.2, 0) is 11.0 Å². The summed E-state index contributed by atoms with van der Waals surface area (Å²) in [5.74, 6) is -0.315. The number of imidazole rings is 1. The molecule has 0 aromatic carbocycles. The molecule has 0 aliphatic carbocycles. The van der Waals surface area contributed by atoms with E-state index in [4.69, 9.17) is 0 Å². The van der Waals surface area contributed by atoms with Crippen molar-refractivity contribution in [3.63, 3.8) is 0 Å². The number of pyridine rings is 1. The number of piperidine rings is 1. The Morgan fingerprint density at radius 1 is 1.22 bits per heavy atom. The van der Waals surface area contributed by atoms with Gasteiger partial charge in [0.05, 0.1) is 11.3 Å². The summed E-state index contributed by atoms with van der Waals surface area (Å²) in [7, 11) is 0. The number of halogens is 3. The first-order valence-corrected chi connectivity index (χ1v) is 7.14. The Morgan fingerprint density at radius 3 is 2.48 bits per heavy atom. The molecule has 1 amide bonds. The first-order valence-electron chi connectivity index (χ1n) is 7.14. The maximum absolute atomic E-state index is 12.9. The van der Waals surface area contributed by atoms with Gasteiger partial charge < -0.3 is 4.90 Å². The van der Waals surface area contributed by atoms with Crippen molar-refractivity contribution in [2.24, 2.45) is 0 Å². The highest BCUT2D eigenvalue weighted by Gasteiger charge is 2.32. The Hall–Kier alpha value is -2.38. The lowest BCUT2D eigenvalue weighted by Crippen LogP contribution is -2.39. The molecule has 0 unspecified atom stereocenters. The number of aromatic nitrogens is 2. The van der Waals surface area contributed by atoms with Gasteiger partial charge in [0, 0.05) is 32.1 Å². The number of nitrogens with zero attached hydrogens (tertiary/aromatic N) is 3. The molecule has 3 heterocycles. The number of hydrogen-bond donors (Lipinski definition) is 0. The number of carbonyl (C=O) groups excluding carboxylic acids is 2. The van der Waals surface area contributed by atoms with Gasteiger partial charge in [0.25, 0.3) is 5.91 Å². The molecule has 0 saturated carbocycles. The molecule has 1 fully saturated rings. The Labute approximate surface area is 129 Å². The first-order chi connectivity index (χ1) is 10.8. The van der Waals surface area contributed by atoms with E-state index in [0.717, 1.165) is 12.3 Å². The van der Waals surface area contributed by atoms with Crippen molar-refractivity contribution in [3.05, 3.63) is 35.3 Å². The van der Waals surface area contributed by atoms with E-state index in [1.165, 1.54) is 15.4 Å². The fourth-order valence-electron chi connectivity index (χ4n) is 2.70. The van der Waals surface area contributed by atoms with Crippen LogP contribution in [0.3, 0.4) is 0 Å². The molecule has 3 rings (SSSR count). The maximum Gasteiger partial charge on any atom is 0.417 e. The molecule has 0 radical (unpaired) electrons. The van der Waals surface area contributed by atoms with Crippen LogP contribution in [0.5, 0.6) is 0 Å². The number of ketones is 1. The van der Waals surface area contributed by atoms with E-state index in [2.05, 4.69) is 4.98 Å². The fourth-order valence-corrected chi connectivity index (χ4v) is 2.70. The third-order valence-corrected chi connectivity index (χ3v) is 3.93. The van der Waals surface area contributed by atoms with Crippen LogP contribution in [0.2, 0.25) is 0 Å². The van der Waals surface area contributed by atoms with Crippen LogP contribution in [0.1, 0.15) is 34.6 Å². The lowest BCUT2D eigenvalue weighted by atomic mass is 10.1. The number of likely N-dealkylation sites (tertiary alicyclic amines) is 1. The standard InChI is InChI=1S/C15H14F3N3O2/c1-9-13(14(23)20-6-4-11(22)5-7-20)21-8-10(15(16,17)18)2-3-12(21)19-9/h2-3,8H,4-7H2,1H3. The van der Waals surface area contributed by atoms with Gasteiger partial charge in [-0.15, -0.1) is 0 Å². The zero-order valence-corrected chi connectivity index (χ0v) is 12.4. The van der Waals surface area contributed by atoms with E-state index in [1.807, 2.05) is 0 Å². The van der Waals surface area contributed by atoms with E-state index in [-0.39, 0.29) is 43.1 Å². The minimum absolute atomic E-state index is 0.0864. The molecule has 2 aromatic rings. The number of alkyl halides is 3. The molecule has 0 bridgehead atoms. The van der Waals surface area contributed by atoms with Gasteiger partial charge in [0.1, 0.15) is 17.1 Å². The number of fused-ring (bicyclic) bond motifs is 1. The molecule has 122 valence electrons. The van der Waals surface area contributed by atoms with E-state index in [9.17, 15) is 22.8 Å². The highest BCUT2D eigenvalue weighted by molar-refractivity contribution is 5.95. The Kier molecular flexibility index (Phi) is 3.62. The highest BCUT2D eigenvalue weighted by atomic mass is 19.4. The monoisotopic (exact) mass is 325 g/mol. The summed E-state index contributed by atoms with van der Waals surface area (Å²) in [6.07, 6.45) is -3.06. The van der Waals surface area contributed by atoms with Gasteiger partial charge in [-0.3, -0.25) is 14.0 Å². The molecule has 1 saturated heterocycles. The van der Waals surface area contributed by atoms with Crippen LogP contribution in [0.4, 0.5) is 13.2 Å². The van der Waals surface area contributed by atoms with E-state index < -0.39 is 17.6 Å². The second kappa shape index (κ2) is 5.36. The van der Waals surface area contributed by atoms with Crippen molar-refractivity contribution in [3.8, 4) is 0 Å². The van der Waals surface area contributed by atoms with Gasteiger partial charge in [-0.05, 0) is 19.1 Å². The average molecular weight is 325 g/mol. The predicted molar refractivity (Wildman–Crippen MR) is 75.1 cm³/mol. The Balaban J connectivity index is 2.04. The van der Waals surface area contributed by atoms with Crippen LogP contribution in [0.25, 0.3) is 5.65 Å². The summed E-state index contributed by atoms with van der Waals surface area (Å²) in [5, 5.41) is 0. The van der Waals surface area contributed by atoms with Gasteiger partial charge >= 0.3 is 6.18 Å². The van der Waals surface area contributed by atoms with Crippen LogP contribution in [0.15, 0.2) is 18.3 Å². The van der Waals surface area contributed by atoms with E-state index in [0.29, 0.717) is 5.69 Å². The maximum atomic E-state index is 12.9. The van der Waals surface area contributed by atoms with Gasteiger partial charge in [-0.2, -0.15) is 13.2 Å². The summed E-state index contributed by atoms with van der Waals surface area (Å²) in [6, 6.07) is 2.18. The first kappa shape index (κ1) is 15.5. The molecule has 23 heavy (non-hydrogen) atoms. The average Bonchev–Trinajstić information content (AvgIpc) is 2.81. The van der Waals surface area contributed by atoms with Crippen molar-refractivity contribution in [1.82, 2.24) is 14.3 Å². The van der Waals surface area contributed by atoms with E-state index in [1.54, 1.807) is 6.92 Å². The normalized spacial score (nSPS) is 16.2. The zero-order valence-electron chi connectivity index (χ0n) is 12.4. The third-order valence-electron chi connectivity index (χ3n) is 3.93. The molecule has 8 heteroatoms. The van der Waals surface area contributed by atoms with Gasteiger partial charge in [0.15, 0.2) is 0 Å². The molecule has 0 atom stereocenters. The van der Waals surface area contributed by atoms with Crippen LogP contribution in [-0.4, -0.2) is 39.1 Å².